The third-order valence-electron chi connectivity index (χ3n) is 3.07. The van der Waals surface area contributed by atoms with Crippen LogP contribution >= 0.6 is 0 Å². The van der Waals surface area contributed by atoms with Crippen LogP contribution in [0.5, 0.6) is 0 Å². The number of ether oxygens (including phenoxy) is 1. The van der Waals surface area contributed by atoms with Crippen LogP contribution in [0, 0.1) is 0 Å². The first-order valence-electron chi connectivity index (χ1n) is 6.45. The van der Waals surface area contributed by atoms with Crippen LogP contribution in [-0.4, -0.2) is 30.6 Å². The van der Waals surface area contributed by atoms with Gasteiger partial charge in [0.15, 0.2) is 0 Å². The number of furan rings is 1. The van der Waals surface area contributed by atoms with Crippen LogP contribution in [0.15, 0.2) is 16.5 Å². The van der Waals surface area contributed by atoms with E-state index in [-0.39, 0.29) is 11.8 Å². The van der Waals surface area contributed by atoms with Gasteiger partial charge in [-0.05, 0) is 45.9 Å². The number of methoxy groups -OCH3 is 1. The molecule has 0 amide bonds. The zero-order valence-electron chi connectivity index (χ0n) is 11.9. The fourth-order valence-electron chi connectivity index (χ4n) is 2.11. The predicted octanol–water partition coefficient (Wildman–Crippen LogP) is 3.25. The highest BCUT2D eigenvalue weighted by molar-refractivity contribution is 5.86. The molecular weight excluding hydrogens is 230 g/mol. The molecule has 1 rings (SSSR count). The molecule has 0 bridgehead atoms. The first kappa shape index (κ1) is 14.8. The summed E-state index contributed by atoms with van der Waals surface area (Å²) in [7, 11) is 1.35. The molecule has 1 atom stereocenters. The van der Waals surface area contributed by atoms with Gasteiger partial charge in [-0.25, -0.2) is 4.79 Å². The second kappa shape index (κ2) is 6.59. The Balaban J connectivity index is 2.84. The molecule has 4 heteroatoms. The van der Waals surface area contributed by atoms with Crippen LogP contribution in [0.3, 0.4) is 0 Å². The van der Waals surface area contributed by atoms with Crippen molar-refractivity contribution in [3.8, 4) is 0 Å². The van der Waals surface area contributed by atoms with E-state index in [4.69, 9.17) is 4.42 Å². The molecule has 0 aliphatic carbocycles. The van der Waals surface area contributed by atoms with Gasteiger partial charge in [0.1, 0.15) is 5.76 Å². The van der Waals surface area contributed by atoms with Gasteiger partial charge in [-0.1, -0.05) is 6.92 Å². The summed E-state index contributed by atoms with van der Waals surface area (Å²) in [5, 5.41) is 0. The zero-order valence-corrected chi connectivity index (χ0v) is 11.9. The minimum absolute atomic E-state index is 0.156. The highest BCUT2D eigenvalue weighted by atomic mass is 16.5. The fraction of sp³-hybridized carbons (Fsp3) is 0.643. The van der Waals surface area contributed by atoms with Gasteiger partial charge in [-0.15, -0.1) is 0 Å². The van der Waals surface area contributed by atoms with E-state index in [9.17, 15) is 4.79 Å². The number of esters is 1. The number of rotatable bonds is 6. The van der Waals surface area contributed by atoms with E-state index in [0.29, 0.717) is 6.04 Å². The minimum atomic E-state index is -0.431. The summed E-state index contributed by atoms with van der Waals surface area (Å²) in [5.74, 6) is 0.636. The molecule has 0 radical (unpaired) electrons. The minimum Gasteiger partial charge on any atom is -0.463 e. The normalized spacial score (nSPS) is 13.1. The van der Waals surface area contributed by atoms with E-state index < -0.39 is 5.97 Å². The molecule has 0 spiro atoms. The largest absolute Gasteiger partial charge is 0.463 e. The van der Waals surface area contributed by atoms with E-state index >= 15 is 0 Å². The average molecular weight is 253 g/mol. The molecule has 0 aliphatic rings. The van der Waals surface area contributed by atoms with Crippen molar-refractivity contribution in [3.05, 3.63) is 23.7 Å². The van der Waals surface area contributed by atoms with E-state index in [1.165, 1.54) is 7.11 Å². The Kier molecular flexibility index (Phi) is 5.41. The summed E-state index contributed by atoms with van der Waals surface area (Å²) in [6.45, 7) is 9.58. The summed E-state index contributed by atoms with van der Waals surface area (Å²) in [6.07, 6.45) is 1.09. The van der Waals surface area contributed by atoms with Crippen LogP contribution < -0.4 is 0 Å². The van der Waals surface area contributed by atoms with Crippen molar-refractivity contribution in [2.75, 3.05) is 13.7 Å². The number of hydrogen-bond acceptors (Lipinski definition) is 4. The van der Waals surface area contributed by atoms with Crippen molar-refractivity contribution < 1.29 is 13.9 Å². The summed E-state index contributed by atoms with van der Waals surface area (Å²) in [6, 6.07) is 4.11. The molecule has 4 nitrogen and oxygen atoms in total. The monoisotopic (exact) mass is 253 g/mol. The highest BCUT2D eigenvalue weighted by Crippen LogP contribution is 2.24. The van der Waals surface area contributed by atoms with Crippen molar-refractivity contribution in [1.82, 2.24) is 4.90 Å². The average Bonchev–Trinajstić information content (AvgIpc) is 2.83. The molecule has 1 aromatic heterocycles. The van der Waals surface area contributed by atoms with Crippen molar-refractivity contribution in [2.45, 2.75) is 46.2 Å². The molecule has 102 valence electrons. The Labute approximate surface area is 109 Å². The van der Waals surface area contributed by atoms with E-state index in [1.807, 2.05) is 6.07 Å². The summed E-state index contributed by atoms with van der Waals surface area (Å²) in [5.41, 5.74) is 0. The lowest BCUT2D eigenvalue weighted by Gasteiger charge is -2.31. The lowest BCUT2D eigenvalue weighted by Crippen LogP contribution is -2.34. The molecule has 0 aromatic carbocycles. The molecule has 0 saturated heterocycles. The molecule has 1 heterocycles. The third kappa shape index (κ3) is 3.35. The van der Waals surface area contributed by atoms with Crippen LogP contribution in [-0.2, 0) is 4.74 Å². The van der Waals surface area contributed by atoms with Gasteiger partial charge in [0.2, 0.25) is 5.76 Å². The SMILES string of the molecule is CCCN(C(C)C)C(C)c1ccc(C(=O)OC)o1. The van der Waals surface area contributed by atoms with Gasteiger partial charge in [0, 0.05) is 6.04 Å². The van der Waals surface area contributed by atoms with Gasteiger partial charge in [0.05, 0.1) is 13.2 Å². The first-order valence-corrected chi connectivity index (χ1v) is 6.45. The van der Waals surface area contributed by atoms with E-state index in [0.717, 1.165) is 18.7 Å². The number of hydrogen-bond donors (Lipinski definition) is 0. The zero-order chi connectivity index (χ0) is 13.7. The number of carbonyl (C=O) groups is 1. The lowest BCUT2D eigenvalue weighted by atomic mass is 10.1. The Morgan fingerprint density at radius 3 is 2.56 bits per heavy atom. The fourth-order valence-corrected chi connectivity index (χ4v) is 2.11. The molecule has 0 N–H and O–H groups in total. The Hall–Kier alpha value is -1.29. The molecule has 0 aliphatic heterocycles. The van der Waals surface area contributed by atoms with Gasteiger partial charge in [0.25, 0.3) is 0 Å². The first-order chi connectivity index (χ1) is 8.51. The maximum absolute atomic E-state index is 11.3. The van der Waals surface area contributed by atoms with Crippen molar-refractivity contribution >= 4 is 5.97 Å². The summed E-state index contributed by atoms with van der Waals surface area (Å²) in [4.78, 5) is 13.7. The van der Waals surface area contributed by atoms with Crippen LogP contribution in [0.25, 0.3) is 0 Å². The maximum atomic E-state index is 11.3. The number of nitrogens with zero attached hydrogens (tertiary/aromatic N) is 1. The number of carbonyl (C=O) groups excluding carboxylic acids is 1. The lowest BCUT2D eigenvalue weighted by molar-refractivity contribution is 0.0557. The molecular formula is C14H23NO3. The van der Waals surface area contributed by atoms with E-state index in [2.05, 4.69) is 37.3 Å². The molecule has 18 heavy (non-hydrogen) atoms. The van der Waals surface area contributed by atoms with Gasteiger partial charge >= 0.3 is 5.97 Å². The van der Waals surface area contributed by atoms with E-state index in [1.54, 1.807) is 6.07 Å². The van der Waals surface area contributed by atoms with Crippen molar-refractivity contribution in [3.63, 3.8) is 0 Å². The quantitative estimate of drug-likeness (QED) is 0.730. The molecule has 0 saturated carbocycles. The third-order valence-corrected chi connectivity index (χ3v) is 3.07. The second-order valence-electron chi connectivity index (χ2n) is 4.70. The maximum Gasteiger partial charge on any atom is 0.373 e. The smallest absolute Gasteiger partial charge is 0.373 e. The Bertz CT molecular complexity index is 384. The molecule has 1 unspecified atom stereocenters. The Morgan fingerprint density at radius 1 is 1.39 bits per heavy atom. The highest BCUT2D eigenvalue weighted by Gasteiger charge is 2.22. The molecule has 0 fully saturated rings. The van der Waals surface area contributed by atoms with Gasteiger partial charge in [-0.3, -0.25) is 4.90 Å². The van der Waals surface area contributed by atoms with Crippen LogP contribution in [0.1, 0.15) is 56.5 Å². The second-order valence-corrected chi connectivity index (χ2v) is 4.70. The standard InChI is InChI=1S/C14H23NO3/c1-6-9-15(10(2)3)11(4)12-7-8-13(18-12)14(16)17-5/h7-8,10-11H,6,9H2,1-5H3. The van der Waals surface area contributed by atoms with Crippen LogP contribution in [0.2, 0.25) is 0 Å². The van der Waals surface area contributed by atoms with Crippen molar-refractivity contribution in [2.24, 2.45) is 0 Å². The molecule has 1 aromatic rings. The topological polar surface area (TPSA) is 42.7 Å². The van der Waals surface area contributed by atoms with Gasteiger partial charge in [-0.2, -0.15) is 0 Å². The predicted molar refractivity (Wildman–Crippen MR) is 70.6 cm³/mol. The van der Waals surface area contributed by atoms with Crippen LogP contribution in [0.4, 0.5) is 0 Å². The van der Waals surface area contributed by atoms with Crippen molar-refractivity contribution in [1.29, 1.82) is 0 Å². The van der Waals surface area contributed by atoms with Gasteiger partial charge < -0.3 is 9.15 Å². The summed E-state index contributed by atoms with van der Waals surface area (Å²) < 4.78 is 10.2. The Morgan fingerprint density at radius 2 is 2.06 bits per heavy atom. The summed E-state index contributed by atoms with van der Waals surface area (Å²) >= 11 is 0.